The highest BCUT2D eigenvalue weighted by atomic mass is 16.5. The Bertz CT molecular complexity index is 2540. The maximum Gasteiger partial charge on any atom is 0.127 e. The predicted octanol–water partition coefficient (Wildman–Crippen LogP) is 18.6. The minimum Gasteiger partial charge on any atom is -0.507 e. The maximum atomic E-state index is 13.2. The van der Waals surface area contributed by atoms with Gasteiger partial charge in [-0.15, -0.1) is 0 Å². The van der Waals surface area contributed by atoms with E-state index in [0.29, 0.717) is 28.0 Å². The monoisotopic (exact) mass is 1010 g/mol. The van der Waals surface area contributed by atoms with Gasteiger partial charge in [0.05, 0.1) is 7.11 Å². The molecule has 5 aromatic carbocycles. The zero-order valence-electron chi connectivity index (χ0n) is 51.6. The Kier molecular flexibility index (Phi) is 15.6. The molecule has 5 aromatic rings. The number of aromatic hydroxyl groups is 4. The fourth-order valence-electron chi connectivity index (χ4n) is 10.3. The first-order valence-electron chi connectivity index (χ1n) is 27.3. The van der Waals surface area contributed by atoms with Crippen molar-refractivity contribution in [3.63, 3.8) is 0 Å². The number of phenols is 4. The summed E-state index contributed by atoms with van der Waals surface area (Å²) in [5.41, 5.74) is 9.14. The fraction of sp³-hybridized carbons (Fsp3) is 0.565. The maximum absolute atomic E-state index is 13.2. The van der Waals surface area contributed by atoms with Gasteiger partial charge in [-0.05, 0) is 98.8 Å². The molecule has 0 atom stereocenters. The first-order valence-corrected chi connectivity index (χ1v) is 27.3. The molecule has 4 N–H and O–H groups in total. The average Bonchev–Trinajstić information content (AvgIpc) is 3.19. The quantitative estimate of drug-likeness (QED) is 0.122. The van der Waals surface area contributed by atoms with Crippen LogP contribution in [0.1, 0.15) is 282 Å². The van der Waals surface area contributed by atoms with Crippen molar-refractivity contribution in [3.8, 4) is 28.7 Å². The largest absolute Gasteiger partial charge is 0.507 e. The van der Waals surface area contributed by atoms with E-state index in [4.69, 9.17) is 4.74 Å². The molecule has 0 amide bonds. The Morgan fingerprint density at radius 3 is 0.568 bits per heavy atom. The minimum atomic E-state index is -0.780. The van der Waals surface area contributed by atoms with Gasteiger partial charge >= 0.3 is 0 Å². The van der Waals surface area contributed by atoms with Crippen molar-refractivity contribution < 1.29 is 25.2 Å². The Labute approximate surface area is 450 Å². The highest BCUT2D eigenvalue weighted by Gasteiger charge is 2.40. The summed E-state index contributed by atoms with van der Waals surface area (Å²) in [4.78, 5) is 0. The van der Waals surface area contributed by atoms with Crippen molar-refractivity contribution in [1.29, 1.82) is 0 Å². The van der Waals surface area contributed by atoms with Gasteiger partial charge in [0.1, 0.15) is 28.7 Å². The third-order valence-corrected chi connectivity index (χ3v) is 15.3. The summed E-state index contributed by atoms with van der Waals surface area (Å²) < 4.78 is 7.01. The highest BCUT2D eigenvalue weighted by molar-refractivity contribution is 5.69. The molecule has 0 unspecified atom stereocenters. The third-order valence-electron chi connectivity index (χ3n) is 15.3. The van der Waals surface area contributed by atoms with E-state index in [-0.39, 0.29) is 44.7 Å². The Morgan fingerprint density at radius 2 is 0.419 bits per heavy atom. The number of methoxy groups -OCH3 is 1. The lowest BCUT2D eigenvalue weighted by molar-refractivity contribution is 0.396. The minimum absolute atomic E-state index is 0.172. The van der Waals surface area contributed by atoms with Crippen LogP contribution >= 0.6 is 0 Å². The fourth-order valence-corrected chi connectivity index (χ4v) is 10.3. The summed E-state index contributed by atoms with van der Waals surface area (Å²) in [5.74, 6) is -0.332. The molecule has 0 aliphatic carbocycles. The average molecular weight is 1010 g/mol. The second kappa shape index (κ2) is 19.3. The van der Waals surface area contributed by atoms with E-state index in [1.165, 1.54) is 0 Å². The Hall–Kier alpha value is -4.90. The molecule has 0 spiro atoms. The van der Waals surface area contributed by atoms with Crippen LogP contribution in [0.25, 0.3) is 0 Å². The first kappa shape index (κ1) is 60.0. The summed E-state index contributed by atoms with van der Waals surface area (Å²) in [6.45, 7) is 58.8. The first-order chi connectivity index (χ1) is 33.0. The summed E-state index contributed by atoms with van der Waals surface area (Å²) >= 11 is 0. The van der Waals surface area contributed by atoms with Crippen LogP contribution in [0, 0.1) is 0 Å². The summed E-state index contributed by atoms with van der Waals surface area (Å²) in [6.07, 6.45) is 0. The molecule has 5 rings (SSSR count). The van der Waals surface area contributed by atoms with Crippen LogP contribution in [0.4, 0.5) is 0 Å². The van der Waals surface area contributed by atoms with E-state index in [2.05, 4.69) is 248 Å². The van der Waals surface area contributed by atoms with Gasteiger partial charge in [0.15, 0.2) is 0 Å². The normalized spacial score (nSPS) is 13.9. The van der Waals surface area contributed by atoms with Gasteiger partial charge in [0.2, 0.25) is 0 Å². The van der Waals surface area contributed by atoms with Crippen molar-refractivity contribution in [1.82, 2.24) is 0 Å². The molecule has 74 heavy (non-hydrogen) atoms. The number of hydrogen-bond acceptors (Lipinski definition) is 5. The Balaban J connectivity index is 2.29. The standard InChI is InChI=1S/C69H100O5/c1-61(2,3)39-33-48(54(44-29-40(62(4,5)6)35-50(56(44)70)66(16,17)18)45-30-41(63(7,8)9)36-51(57(45)71)67(19,20)21)60(74-28)49(34-39)55(46-31-42(64(10,11)12)37-52(58(46)72)68(22,23)24)47-32-43(65(13,14)15)38-53(59(47)73)69(25,26)27/h29-38,54-55,70-73H,1-28H3. The molecular formula is C69H100O5. The van der Waals surface area contributed by atoms with Crippen LogP contribution in [0.3, 0.4) is 0 Å². The van der Waals surface area contributed by atoms with Gasteiger partial charge in [-0.25, -0.2) is 0 Å². The summed E-state index contributed by atoms with van der Waals surface area (Å²) in [6, 6.07) is 21.7. The zero-order chi connectivity index (χ0) is 57.0. The van der Waals surface area contributed by atoms with Crippen LogP contribution in [-0.2, 0) is 48.7 Å². The molecule has 5 heteroatoms. The van der Waals surface area contributed by atoms with Crippen LogP contribution in [0.15, 0.2) is 60.7 Å². The topological polar surface area (TPSA) is 90.2 Å². The highest BCUT2D eigenvalue weighted by Crippen LogP contribution is 2.56. The van der Waals surface area contributed by atoms with Crippen LogP contribution < -0.4 is 4.74 Å². The molecule has 0 aliphatic rings. The smallest absolute Gasteiger partial charge is 0.127 e. The lowest BCUT2D eigenvalue weighted by Crippen LogP contribution is -2.23. The second-order valence-electron chi connectivity index (χ2n) is 31.2. The number of hydrogen-bond donors (Lipinski definition) is 4. The van der Waals surface area contributed by atoms with E-state index in [9.17, 15) is 20.4 Å². The molecule has 0 saturated carbocycles. The molecule has 0 bridgehead atoms. The second-order valence-corrected chi connectivity index (χ2v) is 31.2. The van der Waals surface area contributed by atoms with Gasteiger partial charge < -0.3 is 25.2 Å². The molecule has 0 fully saturated rings. The van der Waals surface area contributed by atoms with Crippen molar-refractivity contribution in [3.05, 3.63) is 144 Å². The molecule has 5 nitrogen and oxygen atoms in total. The molecule has 0 aromatic heterocycles. The van der Waals surface area contributed by atoms with Gasteiger partial charge in [-0.3, -0.25) is 0 Å². The number of rotatable bonds is 7. The number of ether oxygens (including phenoxy) is 1. The number of phenolic OH excluding ortho intramolecular Hbond substituents is 4. The van der Waals surface area contributed by atoms with E-state index >= 15 is 0 Å². The van der Waals surface area contributed by atoms with Crippen LogP contribution in [-0.4, -0.2) is 27.5 Å². The van der Waals surface area contributed by atoms with Gasteiger partial charge in [0.25, 0.3) is 0 Å². The molecule has 0 heterocycles. The summed E-state index contributed by atoms with van der Waals surface area (Å²) in [5, 5.41) is 52.8. The van der Waals surface area contributed by atoms with E-state index in [0.717, 1.165) is 61.2 Å². The van der Waals surface area contributed by atoms with Crippen molar-refractivity contribution in [2.24, 2.45) is 0 Å². The van der Waals surface area contributed by atoms with Crippen molar-refractivity contribution in [2.75, 3.05) is 7.11 Å². The van der Waals surface area contributed by atoms with E-state index in [1.807, 2.05) is 0 Å². The lowest BCUT2D eigenvalue weighted by atomic mass is 9.69. The molecule has 406 valence electrons. The number of benzene rings is 5. The van der Waals surface area contributed by atoms with E-state index in [1.54, 1.807) is 7.11 Å². The molecule has 0 saturated heterocycles. The molecular weight excluding hydrogens is 909 g/mol. The zero-order valence-corrected chi connectivity index (χ0v) is 51.6. The summed E-state index contributed by atoms with van der Waals surface area (Å²) in [7, 11) is 1.71. The van der Waals surface area contributed by atoms with E-state index < -0.39 is 38.9 Å². The van der Waals surface area contributed by atoms with Gasteiger partial charge in [-0.1, -0.05) is 248 Å². The lowest BCUT2D eigenvalue weighted by Gasteiger charge is -2.36. The van der Waals surface area contributed by atoms with Crippen molar-refractivity contribution in [2.45, 2.75) is 248 Å². The molecule has 0 radical (unpaired) electrons. The van der Waals surface area contributed by atoms with Crippen LogP contribution in [0.5, 0.6) is 28.7 Å². The molecule has 0 aliphatic heterocycles. The van der Waals surface area contributed by atoms with Crippen LogP contribution in [0.2, 0.25) is 0 Å². The Morgan fingerprint density at radius 1 is 0.257 bits per heavy atom. The predicted molar refractivity (Wildman–Crippen MR) is 316 cm³/mol. The van der Waals surface area contributed by atoms with Crippen molar-refractivity contribution >= 4 is 0 Å². The third kappa shape index (κ3) is 12.2. The SMILES string of the molecule is COc1c(C(c2cc(C(C)(C)C)cc(C(C)(C)C)c2O)c2cc(C(C)(C)C)cc(C(C)(C)C)c2O)cc(C(C)(C)C)cc1C(c1cc(C(C)(C)C)cc(C(C)(C)C)c1O)c1cc(C(C)(C)C)cc(C(C)(C)C)c1O. The van der Waals surface area contributed by atoms with Gasteiger partial charge in [-0.2, -0.15) is 0 Å². The van der Waals surface area contributed by atoms with Gasteiger partial charge in [0, 0.05) is 45.2 Å².